The van der Waals surface area contributed by atoms with Gasteiger partial charge in [0.05, 0.1) is 23.3 Å². The molecule has 9 heteroatoms. The van der Waals surface area contributed by atoms with Crippen molar-refractivity contribution in [3.63, 3.8) is 0 Å². The molecule has 2 aromatic heterocycles. The van der Waals surface area contributed by atoms with E-state index in [2.05, 4.69) is 22.4 Å². The number of carbonyl (C=O) groups excluding carboxylic acids is 1. The van der Waals surface area contributed by atoms with Gasteiger partial charge in [0, 0.05) is 12.2 Å². The molecule has 0 atom stereocenters. The Kier molecular flexibility index (Phi) is 6.75. The highest BCUT2D eigenvalue weighted by Crippen LogP contribution is 2.22. The highest BCUT2D eigenvalue weighted by atomic mass is 32.2. The van der Waals surface area contributed by atoms with Crippen LogP contribution in [0, 0.1) is 0 Å². The van der Waals surface area contributed by atoms with Crippen LogP contribution in [0.25, 0.3) is 16.7 Å². The number of unbranched alkanes of at least 4 members (excludes halogenated alkanes) is 1. The average molecular weight is 452 g/mol. The fourth-order valence-corrected chi connectivity index (χ4v) is 4.21. The maximum Gasteiger partial charge on any atom is 0.262 e. The van der Waals surface area contributed by atoms with Crippen molar-refractivity contribution in [1.29, 1.82) is 0 Å². The molecule has 0 saturated heterocycles. The van der Waals surface area contributed by atoms with Crippen molar-refractivity contribution < 1.29 is 9.53 Å². The van der Waals surface area contributed by atoms with Crippen LogP contribution >= 0.6 is 11.8 Å². The van der Waals surface area contributed by atoms with Crippen LogP contribution in [0.2, 0.25) is 0 Å². The Bertz CT molecular complexity index is 1300. The summed E-state index contributed by atoms with van der Waals surface area (Å²) in [5.41, 5.74) is 1.36. The molecular weight excluding hydrogens is 426 g/mol. The van der Waals surface area contributed by atoms with E-state index in [9.17, 15) is 9.59 Å². The van der Waals surface area contributed by atoms with Crippen LogP contribution in [0.4, 0.5) is 5.69 Å². The average Bonchev–Trinajstić information content (AvgIpc) is 3.23. The first-order chi connectivity index (χ1) is 15.6. The van der Waals surface area contributed by atoms with Crippen LogP contribution < -0.4 is 15.6 Å². The molecule has 8 nitrogen and oxygen atoms in total. The van der Waals surface area contributed by atoms with Gasteiger partial charge in [-0.15, -0.1) is 10.2 Å². The van der Waals surface area contributed by atoms with Gasteiger partial charge in [-0.05, 0) is 49.7 Å². The first kappa shape index (κ1) is 21.9. The first-order valence-electron chi connectivity index (χ1n) is 10.6. The van der Waals surface area contributed by atoms with Gasteiger partial charge in [-0.2, -0.15) is 0 Å². The van der Waals surface area contributed by atoms with E-state index in [0.29, 0.717) is 35.2 Å². The zero-order valence-corrected chi connectivity index (χ0v) is 18.9. The highest BCUT2D eigenvalue weighted by molar-refractivity contribution is 7.99. The molecule has 0 unspecified atom stereocenters. The van der Waals surface area contributed by atoms with Gasteiger partial charge in [0.15, 0.2) is 5.16 Å². The van der Waals surface area contributed by atoms with Gasteiger partial charge in [-0.25, -0.2) is 0 Å². The van der Waals surface area contributed by atoms with Gasteiger partial charge >= 0.3 is 0 Å². The lowest BCUT2D eigenvalue weighted by Crippen LogP contribution is -2.23. The third-order valence-corrected chi connectivity index (χ3v) is 5.92. The molecule has 2 aromatic carbocycles. The Labute approximate surface area is 189 Å². The van der Waals surface area contributed by atoms with Crippen molar-refractivity contribution in [3.8, 4) is 5.75 Å². The molecule has 0 spiro atoms. The quantitative estimate of drug-likeness (QED) is 0.387. The third-order valence-electron chi connectivity index (χ3n) is 4.99. The minimum Gasteiger partial charge on any atom is -0.494 e. The summed E-state index contributed by atoms with van der Waals surface area (Å²) in [5.74, 6) is 1.27. The van der Waals surface area contributed by atoms with Gasteiger partial charge in [0.2, 0.25) is 11.7 Å². The van der Waals surface area contributed by atoms with Gasteiger partial charge in [0.1, 0.15) is 5.75 Å². The number of amides is 1. The van der Waals surface area contributed by atoms with Crippen molar-refractivity contribution in [2.45, 2.75) is 38.4 Å². The van der Waals surface area contributed by atoms with Crippen molar-refractivity contribution in [2.75, 3.05) is 17.7 Å². The van der Waals surface area contributed by atoms with E-state index in [1.807, 2.05) is 47.7 Å². The van der Waals surface area contributed by atoms with Crippen LogP contribution in [0.1, 0.15) is 26.7 Å². The number of aryl methyl sites for hydroxylation is 1. The highest BCUT2D eigenvalue weighted by Gasteiger charge is 2.17. The molecule has 166 valence electrons. The summed E-state index contributed by atoms with van der Waals surface area (Å²) in [5, 5.41) is 12.6. The predicted molar refractivity (Wildman–Crippen MR) is 127 cm³/mol. The monoisotopic (exact) mass is 451 g/mol. The molecule has 0 aliphatic heterocycles. The summed E-state index contributed by atoms with van der Waals surface area (Å²) in [7, 11) is 0. The van der Waals surface area contributed by atoms with Crippen LogP contribution in [-0.2, 0) is 11.3 Å². The fourth-order valence-electron chi connectivity index (χ4n) is 3.47. The fraction of sp³-hybridized carbons (Fsp3) is 0.304. The molecule has 4 rings (SSSR count). The van der Waals surface area contributed by atoms with Gasteiger partial charge in [-0.3, -0.25) is 18.6 Å². The Hall–Kier alpha value is -3.33. The molecule has 4 aromatic rings. The number of anilines is 1. The number of para-hydroxylation sites is 1. The Morgan fingerprint density at radius 2 is 1.88 bits per heavy atom. The molecule has 0 radical (unpaired) electrons. The minimum absolute atomic E-state index is 0.0706. The molecular formula is C23H25N5O3S. The van der Waals surface area contributed by atoms with Gasteiger partial charge in [-0.1, -0.05) is 37.2 Å². The van der Waals surface area contributed by atoms with E-state index < -0.39 is 0 Å². The number of aromatic nitrogens is 4. The molecule has 1 N–H and O–H groups in total. The number of thioether (sulfide) groups is 1. The molecule has 0 aliphatic carbocycles. The second-order valence-corrected chi connectivity index (χ2v) is 8.18. The van der Waals surface area contributed by atoms with E-state index in [1.165, 1.54) is 11.8 Å². The van der Waals surface area contributed by atoms with Crippen molar-refractivity contribution in [2.24, 2.45) is 0 Å². The topological polar surface area (TPSA) is 90.5 Å². The van der Waals surface area contributed by atoms with E-state index in [0.717, 1.165) is 24.1 Å². The van der Waals surface area contributed by atoms with Crippen LogP contribution in [0.15, 0.2) is 58.5 Å². The number of hydrogen-bond donors (Lipinski definition) is 1. The van der Waals surface area contributed by atoms with Crippen LogP contribution in [0.3, 0.4) is 0 Å². The van der Waals surface area contributed by atoms with Crippen LogP contribution in [0.5, 0.6) is 5.75 Å². The lowest BCUT2D eigenvalue weighted by Gasteiger charge is -2.11. The number of hydrogen-bond acceptors (Lipinski definition) is 6. The standard InChI is InChI=1S/C23H25N5O3S/c1-3-5-14-27-21(30)18-8-6-7-9-19(18)28-22(27)25-26-23(28)32-15-20(29)24-16-10-12-17(13-11-16)31-4-2/h6-13H,3-5,14-15H2,1-2H3,(H,24,29). The minimum atomic E-state index is -0.153. The molecule has 2 heterocycles. The summed E-state index contributed by atoms with van der Waals surface area (Å²) in [6, 6.07) is 14.7. The number of carbonyl (C=O) groups is 1. The summed E-state index contributed by atoms with van der Waals surface area (Å²) < 4.78 is 8.95. The number of ether oxygens (including phenoxy) is 1. The zero-order chi connectivity index (χ0) is 22.5. The summed E-state index contributed by atoms with van der Waals surface area (Å²) in [4.78, 5) is 25.5. The molecule has 0 fully saturated rings. The lowest BCUT2D eigenvalue weighted by atomic mass is 10.2. The number of nitrogens with zero attached hydrogens (tertiary/aromatic N) is 4. The maximum absolute atomic E-state index is 13.0. The Morgan fingerprint density at radius 3 is 2.62 bits per heavy atom. The zero-order valence-electron chi connectivity index (χ0n) is 18.1. The van der Waals surface area contributed by atoms with E-state index in [4.69, 9.17) is 4.74 Å². The summed E-state index contributed by atoms with van der Waals surface area (Å²) in [6.45, 7) is 5.17. The summed E-state index contributed by atoms with van der Waals surface area (Å²) in [6.07, 6.45) is 1.83. The second kappa shape index (κ2) is 9.86. The van der Waals surface area contributed by atoms with Gasteiger partial charge in [0.25, 0.3) is 5.56 Å². The maximum atomic E-state index is 13.0. The number of nitrogens with one attached hydrogen (secondary N) is 1. The Balaban J connectivity index is 1.57. The van der Waals surface area contributed by atoms with Crippen LogP contribution in [-0.4, -0.2) is 37.4 Å². The lowest BCUT2D eigenvalue weighted by molar-refractivity contribution is -0.113. The SMILES string of the molecule is CCCCn1c(=O)c2ccccc2n2c(SCC(=O)Nc3ccc(OCC)cc3)nnc12. The largest absolute Gasteiger partial charge is 0.494 e. The molecule has 0 saturated carbocycles. The molecule has 32 heavy (non-hydrogen) atoms. The predicted octanol–water partition coefficient (Wildman–Crippen LogP) is 3.97. The van der Waals surface area contributed by atoms with Gasteiger partial charge < -0.3 is 10.1 Å². The summed E-state index contributed by atoms with van der Waals surface area (Å²) >= 11 is 1.29. The van der Waals surface area contributed by atoms with Crippen molar-refractivity contribution >= 4 is 40.0 Å². The number of rotatable bonds is 9. The molecule has 0 bridgehead atoms. The van der Waals surface area contributed by atoms with E-state index in [-0.39, 0.29) is 17.2 Å². The third kappa shape index (κ3) is 4.47. The smallest absolute Gasteiger partial charge is 0.262 e. The van der Waals surface area contributed by atoms with Crippen molar-refractivity contribution in [1.82, 2.24) is 19.2 Å². The van der Waals surface area contributed by atoms with E-state index in [1.54, 1.807) is 16.7 Å². The second-order valence-electron chi connectivity index (χ2n) is 7.24. The first-order valence-corrected chi connectivity index (χ1v) is 11.6. The Morgan fingerprint density at radius 1 is 1.09 bits per heavy atom. The normalized spacial score (nSPS) is 11.2. The number of fused-ring (bicyclic) bond motifs is 3. The molecule has 1 amide bonds. The van der Waals surface area contributed by atoms with E-state index >= 15 is 0 Å². The van der Waals surface area contributed by atoms with Crippen molar-refractivity contribution in [3.05, 3.63) is 58.9 Å². The number of benzene rings is 2. The molecule has 0 aliphatic rings.